The summed E-state index contributed by atoms with van der Waals surface area (Å²) in [7, 11) is 3.05. The molecule has 0 fully saturated rings. The number of hydrogen-bond donors (Lipinski definition) is 1. The van der Waals surface area contributed by atoms with Gasteiger partial charge in [0.15, 0.2) is 0 Å². The molecule has 0 aliphatic rings. The molecule has 4 nitrogen and oxygen atoms in total. The fourth-order valence-electron chi connectivity index (χ4n) is 0.978. The summed E-state index contributed by atoms with van der Waals surface area (Å²) in [4.78, 5) is 11.2. The largest absolute Gasteiger partial charge is 0.468 e. The number of esters is 1. The van der Waals surface area contributed by atoms with Crippen LogP contribution >= 0.6 is 0 Å². The van der Waals surface area contributed by atoms with E-state index in [1.54, 1.807) is 7.11 Å². The third kappa shape index (κ3) is 4.58. The summed E-state index contributed by atoms with van der Waals surface area (Å²) in [6, 6.07) is -0.241. The van der Waals surface area contributed by atoms with Gasteiger partial charge in [0.05, 0.1) is 12.7 Å². The van der Waals surface area contributed by atoms with E-state index in [4.69, 9.17) is 4.74 Å². The SMILES string of the molecule is CCC(NCC(C)(C)OC)C(=O)OC. The van der Waals surface area contributed by atoms with Gasteiger partial charge in [-0.25, -0.2) is 0 Å². The minimum Gasteiger partial charge on any atom is -0.468 e. The monoisotopic (exact) mass is 203 g/mol. The summed E-state index contributed by atoms with van der Waals surface area (Å²) in [6.07, 6.45) is 0.715. The van der Waals surface area contributed by atoms with Gasteiger partial charge in [-0.2, -0.15) is 0 Å². The van der Waals surface area contributed by atoms with Crippen molar-refractivity contribution in [3.8, 4) is 0 Å². The average Bonchev–Trinajstić information content (AvgIpc) is 2.18. The van der Waals surface area contributed by atoms with Crippen LogP contribution < -0.4 is 5.32 Å². The number of hydrogen-bond acceptors (Lipinski definition) is 4. The molecule has 0 aromatic heterocycles. The Balaban J connectivity index is 4.02. The van der Waals surface area contributed by atoms with Crippen LogP contribution in [0.15, 0.2) is 0 Å². The van der Waals surface area contributed by atoms with Gasteiger partial charge in [0.2, 0.25) is 0 Å². The Bertz CT molecular complexity index is 180. The lowest BCUT2D eigenvalue weighted by molar-refractivity contribution is -0.143. The van der Waals surface area contributed by atoms with Gasteiger partial charge >= 0.3 is 5.97 Å². The van der Waals surface area contributed by atoms with Gasteiger partial charge in [0.25, 0.3) is 0 Å². The van der Waals surface area contributed by atoms with Crippen molar-refractivity contribution in [1.82, 2.24) is 5.32 Å². The maximum atomic E-state index is 11.2. The molecule has 0 heterocycles. The maximum Gasteiger partial charge on any atom is 0.322 e. The van der Waals surface area contributed by atoms with E-state index in [-0.39, 0.29) is 17.6 Å². The molecule has 0 saturated heterocycles. The molecule has 0 bridgehead atoms. The van der Waals surface area contributed by atoms with E-state index in [0.717, 1.165) is 0 Å². The first kappa shape index (κ1) is 13.4. The molecule has 84 valence electrons. The fraction of sp³-hybridized carbons (Fsp3) is 0.900. The zero-order valence-electron chi connectivity index (χ0n) is 9.72. The summed E-state index contributed by atoms with van der Waals surface area (Å²) in [5.41, 5.74) is -0.262. The lowest BCUT2D eigenvalue weighted by Crippen LogP contribution is -2.45. The van der Waals surface area contributed by atoms with Crippen molar-refractivity contribution >= 4 is 5.97 Å². The normalized spacial score (nSPS) is 13.8. The first-order chi connectivity index (χ1) is 6.46. The van der Waals surface area contributed by atoms with Crippen molar-refractivity contribution in [2.45, 2.75) is 38.8 Å². The molecule has 0 aliphatic heterocycles. The van der Waals surface area contributed by atoms with Crippen LogP contribution in [0.25, 0.3) is 0 Å². The van der Waals surface area contributed by atoms with Crippen LogP contribution in [0, 0.1) is 0 Å². The van der Waals surface area contributed by atoms with Crippen molar-refractivity contribution in [3.63, 3.8) is 0 Å². The van der Waals surface area contributed by atoms with Crippen molar-refractivity contribution in [2.75, 3.05) is 20.8 Å². The molecular weight excluding hydrogens is 182 g/mol. The Morgan fingerprint density at radius 3 is 2.36 bits per heavy atom. The molecule has 0 aliphatic carbocycles. The van der Waals surface area contributed by atoms with Gasteiger partial charge in [-0.1, -0.05) is 6.92 Å². The number of methoxy groups -OCH3 is 2. The summed E-state index contributed by atoms with van der Waals surface area (Å²) < 4.78 is 9.89. The second kappa shape index (κ2) is 5.98. The van der Waals surface area contributed by atoms with Crippen LogP contribution in [0.1, 0.15) is 27.2 Å². The van der Waals surface area contributed by atoms with Crippen LogP contribution in [-0.2, 0) is 14.3 Å². The first-order valence-electron chi connectivity index (χ1n) is 4.83. The van der Waals surface area contributed by atoms with Crippen molar-refractivity contribution < 1.29 is 14.3 Å². The molecule has 0 aromatic rings. The Labute approximate surface area is 86.0 Å². The quantitative estimate of drug-likeness (QED) is 0.653. The predicted molar refractivity (Wildman–Crippen MR) is 55.2 cm³/mol. The highest BCUT2D eigenvalue weighted by Gasteiger charge is 2.21. The average molecular weight is 203 g/mol. The van der Waals surface area contributed by atoms with Crippen LogP contribution in [0.3, 0.4) is 0 Å². The van der Waals surface area contributed by atoms with Crippen molar-refractivity contribution in [3.05, 3.63) is 0 Å². The van der Waals surface area contributed by atoms with E-state index in [9.17, 15) is 4.79 Å². The molecule has 0 amide bonds. The van der Waals surface area contributed by atoms with Gasteiger partial charge in [0, 0.05) is 13.7 Å². The van der Waals surface area contributed by atoms with Crippen molar-refractivity contribution in [2.24, 2.45) is 0 Å². The molecule has 1 atom stereocenters. The number of rotatable bonds is 6. The zero-order valence-corrected chi connectivity index (χ0v) is 9.72. The molecule has 0 saturated carbocycles. The van der Waals surface area contributed by atoms with Gasteiger partial charge in [0.1, 0.15) is 6.04 Å². The highest BCUT2D eigenvalue weighted by atomic mass is 16.5. The molecule has 4 heteroatoms. The fourth-order valence-corrected chi connectivity index (χ4v) is 0.978. The highest BCUT2D eigenvalue weighted by Crippen LogP contribution is 2.06. The smallest absolute Gasteiger partial charge is 0.322 e. The number of carbonyl (C=O) groups excluding carboxylic acids is 1. The Kier molecular flexibility index (Phi) is 5.72. The van der Waals surface area contributed by atoms with E-state index in [2.05, 4.69) is 10.1 Å². The standard InChI is InChI=1S/C10H21NO3/c1-6-8(9(12)13-4)11-7-10(2,3)14-5/h8,11H,6-7H2,1-5H3. The Hall–Kier alpha value is -0.610. The minimum absolute atomic E-state index is 0.223. The molecule has 1 N–H and O–H groups in total. The van der Waals surface area contributed by atoms with E-state index in [1.807, 2.05) is 20.8 Å². The summed E-state index contributed by atoms with van der Waals surface area (Å²) in [6.45, 7) is 6.49. The van der Waals surface area contributed by atoms with Crippen molar-refractivity contribution in [1.29, 1.82) is 0 Å². The third-order valence-corrected chi connectivity index (χ3v) is 2.22. The van der Waals surface area contributed by atoms with Gasteiger partial charge in [-0.15, -0.1) is 0 Å². The van der Waals surface area contributed by atoms with Gasteiger partial charge in [-0.05, 0) is 20.3 Å². The number of nitrogens with one attached hydrogen (secondary N) is 1. The third-order valence-electron chi connectivity index (χ3n) is 2.22. The van der Waals surface area contributed by atoms with Gasteiger partial charge < -0.3 is 14.8 Å². The lowest BCUT2D eigenvalue weighted by atomic mass is 10.1. The number of carbonyl (C=O) groups is 1. The number of ether oxygens (including phenoxy) is 2. The van der Waals surface area contributed by atoms with Crippen LogP contribution in [-0.4, -0.2) is 38.4 Å². The molecule has 0 rings (SSSR count). The molecular formula is C10H21NO3. The molecule has 0 aromatic carbocycles. The minimum atomic E-state index is -0.262. The Morgan fingerprint density at radius 2 is 2.00 bits per heavy atom. The molecule has 0 spiro atoms. The predicted octanol–water partition coefficient (Wildman–Crippen LogP) is 0.953. The second-order valence-electron chi connectivity index (χ2n) is 3.83. The maximum absolute atomic E-state index is 11.2. The first-order valence-corrected chi connectivity index (χ1v) is 4.83. The molecule has 1 unspecified atom stereocenters. The zero-order chi connectivity index (χ0) is 11.2. The van der Waals surface area contributed by atoms with E-state index >= 15 is 0 Å². The lowest BCUT2D eigenvalue weighted by Gasteiger charge is -2.25. The summed E-state index contributed by atoms with van der Waals surface area (Å²) in [5.74, 6) is -0.223. The second-order valence-corrected chi connectivity index (χ2v) is 3.83. The summed E-state index contributed by atoms with van der Waals surface area (Å²) >= 11 is 0. The van der Waals surface area contributed by atoms with E-state index in [1.165, 1.54) is 7.11 Å². The van der Waals surface area contributed by atoms with E-state index in [0.29, 0.717) is 13.0 Å². The summed E-state index contributed by atoms with van der Waals surface area (Å²) in [5, 5.41) is 3.11. The van der Waals surface area contributed by atoms with Gasteiger partial charge in [-0.3, -0.25) is 4.79 Å². The Morgan fingerprint density at radius 1 is 1.43 bits per heavy atom. The highest BCUT2D eigenvalue weighted by molar-refractivity contribution is 5.75. The van der Waals surface area contributed by atoms with Crippen LogP contribution in [0.5, 0.6) is 0 Å². The topological polar surface area (TPSA) is 47.6 Å². The van der Waals surface area contributed by atoms with Crippen LogP contribution in [0.4, 0.5) is 0 Å². The molecule has 0 radical (unpaired) electrons. The van der Waals surface area contributed by atoms with Crippen LogP contribution in [0.2, 0.25) is 0 Å². The molecule has 14 heavy (non-hydrogen) atoms. The van der Waals surface area contributed by atoms with E-state index < -0.39 is 0 Å².